The third kappa shape index (κ3) is 3.57. The van der Waals surface area contributed by atoms with Crippen LogP contribution in [0, 0.1) is 17.5 Å². The maximum Gasteiger partial charge on any atom is 0.194 e. The van der Waals surface area contributed by atoms with Gasteiger partial charge in [-0.15, -0.1) is 0 Å². The van der Waals surface area contributed by atoms with Crippen LogP contribution in [0.25, 0.3) is 0 Å². The first-order chi connectivity index (χ1) is 9.90. The first-order valence-electron chi connectivity index (χ1n) is 6.00. The second kappa shape index (κ2) is 6.50. The average molecular weight is 333 g/mol. The monoisotopic (exact) mass is 332 g/mol. The third-order valence-electron chi connectivity index (χ3n) is 2.93. The summed E-state index contributed by atoms with van der Waals surface area (Å²) >= 11 is 11.8. The lowest BCUT2D eigenvalue weighted by molar-refractivity contribution is 0.0983. The first kappa shape index (κ1) is 15.9. The smallest absolute Gasteiger partial charge is 0.194 e. The minimum atomic E-state index is -1.53. The molecule has 0 N–H and O–H groups in total. The highest BCUT2D eigenvalue weighted by Gasteiger charge is 2.16. The van der Waals surface area contributed by atoms with Crippen LogP contribution < -0.4 is 0 Å². The molecule has 110 valence electrons. The van der Waals surface area contributed by atoms with Gasteiger partial charge in [-0.2, -0.15) is 0 Å². The number of ketones is 1. The Morgan fingerprint density at radius 3 is 2.05 bits per heavy atom. The van der Waals surface area contributed by atoms with Gasteiger partial charge in [0.25, 0.3) is 0 Å². The topological polar surface area (TPSA) is 17.1 Å². The van der Waals surface area contributed by atoms with Crippen molar-refractivity contribution in [1.29, 1.82) is 0 Å². The Morgan fingerprint density at radius 1 is 1.00 bits per heavy atom. The van der Waals surface area contributed by atoms with Gasteiger partial charge in [-0.25, -0.2) is 13.2 Å². The van der Waals surface area contributed by atoms with Crippen molar-refractivity contribution >= 4 is 29.0 Å². The van der Waals surface area contributed by atoms with Crippen LogP contribution in [-0.2, 0) is 6.42 Å². The highest BCUT2D eigenvalue weighted by Crippen LogP contribution is 2.26. The van der Waals surface area contributed by atoms with E-state index >= 15 is 0 Å². The lowest BCUT2D eigenvalue weighted by Crippen LogP contribution is -2.04. The Hall–Kier alpha value is -1.52. The minimum absolute atomic E-state index is 0.0477. The average Bonchev–Trinajstić information content (AvgIpc) is 2.42. The highest BCUT2D eigenvalue weighted by molar-refractivity contribution is 6.39. The summed E-state index contributed by atoms with van der Waals surface area (Å²) in [5.74, 6) is -4.45. The highest BCUT2D eigenvalue weighted by atomic mass is 35.5. The van der Waals surface area contributed by atoms with Crippen LogP contribution >= 0.6 is 23.2 Å². The number of halogens is 5. The Balaban J connectivity index is 2.15. The molecule has 0 spiro atoms. The summed E-state index contributed by atoms with van der Waals surface area (Å²) in [6.07, 6.45) is 0.00245. The zero-order chi connectivity index (χ0) is 15.6. The van der Waals surface area contributed by atoms with Crippen molar-refractivity contribution in [3.05, 3.63) is 69.0 Å². The molecule has 0 amide bonds. The van der Waals surface area contributed by atoms with Crippen molar-refractivity contribution < 1.29 is 18.0 Å². The van der Waals surface area contributed by atoms with Gasteiger partial charge in [0.15, 0.2) is 23.2 Å². The zero-order valence-electron chi connectivity index (χ0n) is 10.6. The molecule has 0 bridgehead atoms. The Bertz CT molecular complexity index is 658. The van der Waals surface area contributed by atoms with E-state index in [1.807, 2.05) is 0 Å². The van der Waals surface area contributed by atoms with Gasteiger partial charge in [0.1, 0.15) is 0 Å². The molecule has 0 saturated carbocycles. The van der Waals surface area contributed by atoms with Crippen LogP contribution in [0.4, 0.5) is 13.2 Å². The molecule has 0 aliphatic rings. The number of benzene rings is 2. The number of carbonyl (C=O) groups excluding carboxylic acids is 1. The Labute approximate surface area is 129 Å². The number of aryl methyl sites for hydroxylation is 1. The first-order valence-corrected chi connectivity index (χ1v) is 6.76. The van der Waals surface area contributed by atoms with Crippen molar-refractivity contribution in [3.8, 4) is 0 Å². The quantitative estimate of drug-likeness (QED) is 0.553. The predicted octanol–water partition coefficient (Wildman–Crippen LogP) is 5.23. The molecule has 2 aromatic carbocycles. The normalized spacial score (nSPS) is 10.7. The fraction of sp³-hybridized carbons (Fsp3) is 0.133. The van der Waals surface area contributed by atoms with Gasteiger partial charge in [-0.3, -0.25) is 4.79 Å². The number of rotatable bonds is 4. The van der Waals surface area contributed by atoms with Gasteiger partial charge in [-0.05, 0) is 36.2 Å². The lowest BCUT2D eigenvalue weighted by atomic mass is 10.0. The minimum Gasteiger partial charge on any atom is -0.294 e. The Morgan fingerprint density at radius 2 is 1.52 bits per heavy atom. The molecule has 0 unspecified atom stereocenters. The summed E-state index contributed by atoms with van der Waals surface area (Å²) in [5, 5.41) is 0.424. The lowest BCUT2D eigenvalue weighted by Gasteiger charge is -2.06. The van der Waals surface area contributed by atoms with Crippen LogP contribution in [0.3, 0.4) is 0 Å². The molecule has 0 atom stereocenters. The second-order valence-electron chi connectivity index (χ2n) is 4.39. The van der Waals surface area contributed by atoms with Gasteiger partial charge in [-0.1, -0.05) is 29.3 Å². The van der Waals surface area contributed by atoms with Gasteiger partial charge in [0.2, 0.25) is 0 Å². The fourth-order valence-corrected chi connectivity index (χ4v) is 2.51. The van der Waals surface area contributed by atoms with E-state index in [4.69, 9.17) is 23.2 Å². The van der Waals surface area contributed by atoms with E-state index in [1.165, 1.54) is 12.1 Å². The van der Waals surface area contributed by atoms with Gasteiger partial charge in [0, 0.05) is 6.42 Å². The molecule has 0 aromatic heterocycles. The van der Waals surface area contributed by atoms with Crippen LogP contribution in [0.1, 0.15) is 22.3 Å². The van der Waals surface area contributed by atoms with Crippen LogP contribution in [0.5, 0.6) is 0 Å². The van der Waals surface area contributed by atoms with E-state index in [9.17, 15) is 18.0 Å². The number of carbonyl (C=O) groups is 1. The van der Waals surface area contributed by atoms with Gasteiger partial charge < -0.3 is 0 Å². The largest absolute Gasteiger partial charge is 0.294 e. The molecule has 2 rings (SSSR count). The van der Waals surface area contributed by atoms with Crippen molar-refractivity contribution in [2.45, 2.75) is 12.8 Å². The molecule has 0 radical (unpaired) electrons. The maximum atomic E-state index is 13.1. The molecular weight excluding hydrogens is 324 g/mol. The van der Waals surface area contributed by atoms with E-state index in [-0.39, 0.29) is 39.8 Å². The third-order valence-corrected chi connectivity index (χ3v) is 3.56. The number of Topliss-reactive ketones (excluding diaryl/α,β-unsaturated/α-hetero) is 1. The summed E-state index contributed by atoms with van der Waals surface area (Å²) in [4.78, 5) is 12.1. The van der Waals surface area contributed by atoms with Gasteiger partial charge in [0.05, 0.1) is 15.6 Å². The number of hydrogen-bond acceptors (Lipinski definition) is 1. The Kier molecular flexibility index (Phi) is 4.91. The van der Waals surface area contributed by atoms with Crippen LogP contribution in [0.2, 0.25) is 10.0 Å². The summed E-state index contributed by atoms with van der Waals surface area (Å²) in [7, 11) is 0. The van der Waals surface area contributed by atoms with E-state index in [0.29, 0.717) is 0 Å². The van der Waals surface area contributed by atoms with E-state index < -0.39 is 17.5 Å². The molecule has 6 heteroatoms. The van der Waals surface area contributed by atoms with Crippen molar-refractivity contribution in [2.24, 2.45) is 0 Å². The van der Waals surface area contributed by atoms with Crippen molar-refractivity contribution in [2.75, 3.05) is 0 Å². The molecule has 2 aromatic rings. The summed E-state index contributed by atoms with van der Waals surface area (Å²) in [6.45, 7) is 0. The maximum absolute atomic E-state index is 13.1. The SMILES string of the molecule is O=C(CCc1cc(F)c(F)c(F)c1)c1c(Cl)cccc1Cl. The second-order valence-corrected chi connectivity index (χ2v) is 5.21. The fourth-order valence-electron chi connectivity index (χ4n) is 1.90. The molecule has 0 saturated heterocycles. The van der Waals surface area contributed by atoms with Crippen molar-refractivity contribution in [3.63, 3.8) is 0 Å². The molecule has 0 aliphatic carbocycles. The summed E-state index contributed by atoms with van der Waals surface area (Å²) in [5.41, 5.74) is 0.354. The standard InChI is InChI=1S/C15H9Cl2F3O/c16-9-2-1-3-10(17)14(9)13(21)5-4-8-6-11(18)15(20)12(19)7-8/h1-3,6-7H,4-5H2. The van der Waals surface area contributed by atoms with Crippen LogP contribution in [0.15, 0.2) is 30.3 Å². The number of hydrogen-bond donors (Lipinski definition) is 0. The molecule has 0 fully saturated rings. The van der Waals surface area contributed by atoms with E-state index in [1.54, 1.807) is 6.07 Å². The molecule has 0 heterocycles. The predicted molar refractivity (Wildman–Crippen MR) is 75.4 cm³/mol. The molecule has 1 nitrogen and oxygen atoms in total. The van der Waals surface area contributed by atoms with E-state index in [2.05, 4.69) is 0 Å². The van der Waals surface area contributed by atoms with Gasteiger partial charge >= 0.3 is 0 Å². The summed E-state index contributed by atoms with van der Waals surface area (Å²) < 4.78 is 39.0. The zero-order valence-corrected chi connectivity index (χ0v) is 12.1. The molecule has 0 aliphatic heterocycles. The van der Waals surface area contributed by atoms with Crippen molar-refractivity contribution in [1.82, 2.24) is 0 Å². The molecule has 21 heavy (non-hydrogen) atoms. The van der Waals surface area contributed by atoms with Crippen LogP contribution in [-0.4, -0.2) is 5.78 Å². The summed E-state index contributed by atoms with van der Waals surface area (Å²) in [6, 6.07) is 6.38. The van der Waals surface area contributed by atoms with E-state index in [0.717, 1.165) is 12.1 Å². The molecular formula is C15H9Cl2F3O.